The first-order chi connectivity index (χ1) is 14.6. The van der Waals surface area contributed by atoms with Crippen molar-refractivity contribution in [2.45, 2.75) is 13.2 Å². The van der Waals surface area contributed by atoms with Crippen LogP contribution >= 0.6 is 0 Å². The predicted molar refractivity (Wildman–Crippen MR) is 114 cm³/mol. The number of pyridine rings is 1. The maximum absolute atomic E-state index is 9.10. The first kappa shape index (κ1) is 20.6. The van der Waals surface area contributed by atoms with Crippen LogP contribution in [0.5, 0.6) is 0 Å². The lowest BCUT2D eigenvalue weighted by Crippen LogP contribution is -2.11. The van der Waals surface area contributed by atoms with Gasteiger partial charge in [-0.15, -0.1) is 0 Å². The lowest BCUT2D eigenvalue weighted by Gasteiger charge is -2.06. The third-order valence-corrected chi connectivity index (χ3v) is 4.02. The third-order valence-electron chi connectivity index (χ3n) is 4.02. The number of benzene rings is 1. The monoisotopic (exact) mass is 400 g/mol. The SMILES string of the molecule is COCc1cccc(CN=CC(=NN)c2cc(N)nc(-c3cccc(C#N)c3)n2)n1. The minimum atomic E-state index is 0.251. The maximum atomic E-state index is 9.10. The molecule has 0 saturated carbocycles. The fourth-order valence-electron chi connectivity index (χ4n) is 2.69. The summed E-state index contributed by atoms with van der Waals surface area (Å²) in [7, 11) is 1.62. The summed E-state index contributed by atoms with van der Waals surface area (Å²) in [5, 5.41) is 12.9. The Kier molecular flexibility index (Phi) is 6.76. The average molecular weight is 400 g/mol. The molecule has 2 aromatic heterocycles. The minimum absolute atomic E-state index is 0.251. The van der Waals surface area contributed by atoms with E-state index in [1.807, 2.05) is 18.2 Å². The van der Waals surface area contributed by atoms with Crippen molar-refractivity contribution in [3.8, 4) is 17.5 Å². The Hall–Kier alpha value is -4.16. The molecule has 0 saturated heterocycles. The standard InChI is InChI=1S/C21H20N8O/c1-30-13-17-7-3-6-16(26-17)11-25-12-19(29-24)18-9-20(23)28-21(27-18)15-5-2-4-14(8-15)10-22/h2-9,12H,11,13,24H2,1H3,(H2,23,27,28). The number of nitriles is 1. The molecule has 3 aromatic rings. The number of ether oxygens (including phenoxy) is 1. The van der Waals surface area contributed by atoms with Gasteiger partial charge in [-0.1, -0.05) is 18.2 Å². The van der Waals surface area contributed by atoms with Crippen molar-refractivity contribution in [3.63, 3.8) is 0 Å². The number of aromatic nitrogens is 3. The molecule has 30 heavy (non-hydrogen) atoms. The summed E-state index contributed by atoms with van der Waals surface area (Å²) in [6, 6.07) is 16.2. The van der Waals surface area contributed by atoms with Crippen LogP contribution in [0.25, 0.3) is 11.4 Å². The zero-order valence-corrected chi connectivity index (χ0v) is 16.4. The maximum Gasteiger partial charge on any atom is 0.162 e. The zero-order valence-electron chi connectivity index (χ0n) is 16.4. The van der Waals surface area contributed by atoms with Gasteiger partial charge in [0.15, 0.2) is 5.82 Å². The van der Waals surface area contributed by atoms with Crippen LogP contribution in [-0.4, -0.2) is 34.0 Å². The molecule has 150 valence electrons. The highest BCUT2D eigenvalue weighted by Gasteiger charge is 2.10. The van der Waals surface area contributed by atoms with Crippen LogP contribution in [0.4, 0.5) is 5.82 Å². The van der Waals surface area contributed by atoms with Crippen molar-refractivity contribution >= 4 is 17.7 Å². The number of nitrogens with zero attached hydrogens (tertiary/aromatic N) is 6. The number of nitrogens with two attached hydrogens (primary N) is 2. The summed E-state index contributed by atoms with van der Waals surface area (Å²) in [5.41, 5.74) is 9.48. The summed E-state index contributed by atoms with van der Waals surface area (Å²) < 4.78 is 5.09. The Labute approximate surface area is 173 Å². The fourth-order valence-corrected chi connectivity index (χ4v) is 2.69. The van der Waals surface area contributed by atoms with Crippen molar-refractivity contribution in [2.24, 2.45) is 15.9 Å². The summed E-state index contributed by atoms with van der Waals surface area (Å²) in [6.45, 7) is 0.775. The van der Waals surface area contributed by atoms with E-state index in [-0.39, 0.29) is 5.82 Å². The summed E-state index contributed by atoms with van der Waals surface area (Å²) in [4.78, 5) is 17.6. The second kappa shape index (κ2) is 9.86. The van der Waals surface area contributed by atoms with E-state index in [1.54, 1.807) is 37.4 Å². The van der Waals surface area contributed by atoms with Gasteiger partial charge in [0.1, 0.15) is 11.5 Å². The number of hydrogen-bond donors (Lipinski definition) is 2. The molecule has 0 aliphatic heterocycles. The van der Waals surface area contributed by atoms with Crippen molar-refractivity contribution in [1.82, 2.24) is 15.0 Å². The lowest BCUT2D eigenvalue weighted by molar-refractivity contribution is 0.181. The molecular formula is C21H20N8O. The molecule has 2 heterocycles. The molecule has 0 atom stereocenters. The van der Waals surface area contributed by atoms with Gasteiger partial charge in [0.2, 0.25) is 0 Å². The van der Waals surface area contributed by atoms with Gasteiger partial charge in [-0.2, -0.15) is 10.4 Å². The van der Waals surface area contributed by atoms with E-state index in [0.29, 0.717) is 41.5 Å². The molecule has 0 aliphatic rings. The number of methoxy groups -OCH3 is 1. The van der Waals surface area contributed by atoms with Crippen LogP contribution in [0.15, 0.2) is 58.6 Å². The van der Waals surface area contributed by atoms with Gasteiger partial charge < -0.3 is 16.3 Å². The van der Waals surface area contributed by atoms with E-state index in [0.717, 1.165) is 11.4 Å². The molecule has 0 aliphatic carbocycles. The third kappa shape index (κ3) is 5.21. The van der Waals surface area contributed by atoms with Gasteiger partial charge in [0.25, 0.3) is 0 Å². The highest BCUT2D eigenvalue weighted by Crippen LogP contribution is 2.18. The van der Waals surface area contributed by atoms with Gasteiger partial charge in [0, 0.05) is 18.7 Å². The van der Waals surface area contributed by atoms with Gasteiger partial charge in [-0.05, 0) is 24.3 Å². The summed E-state index contributed by atoms with van der Waals surface area (Å²) in [6.07, 6.45) is 1.52. The largest absolute Gasteiger partial charge is 0.384 e. The molecule has 3 rings (SSSR count). The Balaban J connectivity index is 1.83. The van der Waals surface area contributed by atoms with Gasteiger partial charge >= 0.3 is 0 Å². The van der Waals surface area contributed by atoms with Gasteiger partial charge in [-0.3, -0.25) is 9.98 Å². The fraction of sp³-hybridized carbons (Fsp3) is 0.143. The predicted octanol–water partition coefficient (Wildman–Crippen LogP) is 2.07. The first-order valence-electron chi connectivity index (χ1n) is 9.00. The van der Waals surface area contributed by atoms with Crippen LogP contribution in [0.3, 0.4) is 0 Å². The van der Waals surface area contributed by atoms with Gasteiger partial charge in [0.05, 0.1) is 48.1 Å². The molecule has 0 radical (unpaired) electrons. The van der Waals surface area contributed by atoms with Crippen LogP contribution in [0.2, 0.25) is 0 Å². The zero-order chi connectivity index (χ0) is 21.3. The van der Waals surface area contributed by atoms with Crippen molar-refractivity contribution in [3.05, 3.63) is 71.2 Å². The molecule has 9 heteroatoms. The lowest BCUT2D eigenvalue weighted by atomic mass is 10.1. The average Bonchev–Trinajstić information content (AvgIpc) is 2.77. The Bertz CT molecular complexity index is 1130. The van der Waals surface area contributed by atoms with E-state index in [4.69, 9.17) is 21.6 Å². The molecule has 9 nitrogen and oxygen atoms in total. The smallest absolute Gasteiger partial charge is 0.162 e. The molecule has 0 amide bonds. The Morgan fingerprint density at radius 2 is 1.93 bits per heavy atom. The second-order valence-corrected chi connectivity index (χ2v) is 6.23. The van der Waals surface area contributed by atoms with Gasteiger partial charge in [-0.25, -0.2) is 9.97 Å². The van der Waals surface area contributed by atoms with E-state index < -0.39 is 0 Å². The molecule has 0 spiro atoms. The minimum Gasteiger partial charge on any atom is -0.384 e. The molecule has 0 bridgehead atoms. The Morgan fingerprint density at radius 3 is 2.70 bits per heavy atom. The van der Waals surface area contributed by atoms with Crippen LogP contribution in [-0.2, 0) is 17.9 Å². The molecular weight excluding hydrogens is 380 g/mol. The number of aliphatic imine (C=N–C) groups is 1. The van der Waals surface area contributed by atoms with Crippen molar-refractivity contribution in [2.75, 3.05) is 12.8 Å². The molecule has 0 unspecified atom stereocenters. The van der Waals surface area contributed by atoms with Crippen LogP contribution in [0, 0.1) is 11.3 Å². The summed E-state index contributed by atoms with van der Waals surface area (Å²) in [5.74, 6) is 6.17. The quantitative estimate of drug-likeness (QED) is 0.350. The van der Waals surface area contributed by atoms with E-state index in [1.165, 1.54) is 6.21 Å². The molecule has 1 aromatic carbocycles. The van der Waals surface area contributed by atoms with E-state index in [2.05, 4.69) is 31.1 Å². The molecule has 0 fully saturated rings. The van der Waals surface area contributed by atoms with E-state index >= 15 is 0 Å². The van der Waals surface area contributed by atoms with Crippen LogP contribution < -0.4 is 11.6 Å². The second-order valence-electron chi connectivity index (χ2n) is 6.23. The number of nitrogen functional groups attached to an aromatic ring is 1. The highest BCUT2D eigenvalue weighted by molar-refractivity contribution is 6.37. The normalized spacial score (nSPS) is 11.5. The number of hydrogen-bond acceptors (Lipinski definition) is 9. The van der Waals surface area contributed by atoms with Crippen molar-refractivity contribution in [1.29, 1.82) is 5.26 Å². The van der Waals surface area contributed by atoms with Crippen LogP contribution in [0.1, 0.15) is 22.6 Å². The van der Waals surface area contributed by atoms with E-state index in [9.17, 15) is 0 Å². The number of hydrazone groups is 1. The summed E-state index contributed by atoms with van der Waals surface area (Å²) >= 11 is 0. The number of anilines is 1. The highest BCUT2D eigenvalue weighted by atomic mass is 16.5. The van der Waals surface area contributed by atoms with Crippen molar-refractivity contribution < 1.29 is 4.74 Å². The first-order valence-corrected chi connectivity index (χ1v) is 9.00. The topological polar surface area (TPSA) is 148 Å². The number of rotatable bonds is 7. The Morgan fingerprint density at radius 1 is 1.13 bits per heavy atom. The molecule has 4 N–H and O–H groups in total.